The summed E-state index contributed by atoms with van der Waals surface area (Å²) in [5.74, 6) is 0.957. The summed E-state index contributed by atoms with van der Waals surface area (Å²) < 4.78 is 0. The smallest absolute Gasteiger partial charge is 0.142 e. The van der Waals surface area contributed by atoms with Crippen LogP contribution in [0.25, 0.3) is 0 Å². The van der Waals surface area contributed by atoms with Crippen LogP contribution in [0.5, 0.6) is 0 Å². The van der Waals surface area contributed by atoms with Crippen LogP contribution in [-0.2, 0) is 0 Å². The third-order valence-corrected chi connectivity index (χ3v) is 3.96. The number of hydrogen-bond donors (Lipinski definition) is 2. The summed E-state index contributed by atoms with van der Waals surface area (Å²) in [6.45, 7) is 5.46. The van der Waals surface area contributed by atoms with Gasteiger partial charge in [0.05, 0.1) is 5.71 Å². The molecule has 0 saturated heterocycles. The number of para-hydroxylation sites is 1. The fourth-order valence-electron chi connectivity index (χ4n) is 2.66. The Kier molecular flexibility index (Phi) is 7.01. The van der Waals surface area contributed by atoms with Gasteiger partial charge in [-0.2, -0.15) is 0 Å². The second-order valence-electron chi connectivity index (χ2n) is 5.87. The van der Waals surface area contributed by atoms with Crippen LogP contribution in [0, 0.1) is 0 Å². The van der Waals surface area contributed by atoms with Crippen LogP contribution >= 0.6 is 0 Å². The average molecular weight is 299 g/mol. The Bertz CT molecular complexity index is 517. The highest BCUT2D eigenvalue weighted by Gasteiger charge is 2.12. The van der Waals surface area contributed by atoms with Crippen LogP contribution in [0.15, 0.2) is 41.3 Å². The maximum absolute atomic E-state index is 4.89. The SMILES string of the molecule is CCCCCNC1=CNc2ccccc2C(CCCCC)=N1. The van der Waals surface area contributed by atoms with Crippen LogP contribution in [0.2, 0.25) is 0 Å². The first-order chi connectivity index (χ1) is 10.8. The number of nitrogens with zero attached hydrogens (tertiary/aromatic N) is 1. The third-order valence-electron chi connectivity index (χ3n) is 3.96. The Morgan fingerprint density at radius 1 is 1.00 bits per heavy atom. The van der Waals surface area contributed by atoms with Gasteiger partial charge in [0.25, 0.3) is 0 Å². The minimum atomic E-state index is 0.957. The van der Waals surface area contributed by atoms with Crippen LogP contribution in [0.4, 0.5) is 5.69 Å². The van der Waals surface area contributed by atoms with Crippen molar-refractivity contribution in [1.29, 1.82) is 0 Å². The molecule has 0 aliphatic carbocycles. The van der Waals surface area contributed by atoms with E-state index in [2.05, 4.69) is 48.7 Å². The minimum absolute atomic E-state index is 0.957. The topological polar surface area (TPSA) is 36.4 Å². The molecule has 3 nitrogen and oxygen atoms in total. The van der Waals surface area contributed by atoms with E-state index in [1.165, 1.54) is 49.8 Å². The van der Waals surface area contributed by atoms with Gasteiger partial charge in [0.1, 0.15) is 5.82 Å². The lowest BCUT2D eigenvalue weighted by atomic mass is 10.0. The summed E-state index contributed by atoms with van der Waals surface area (Å²) >= 11 is 0. The lowest BCUT2D eigenvalue weighted by Crippen LogP contribution is -2.15. The van der Waals surface area contributed by atoms with Gasteiger partial charge in [0, 0.05) is 24.0 Å². The highest BCUT2D eigenvalue weighted by atomic mass is 15.1. The van der Waals surface area contributed by atoms with E-state index in [0.717, 1.165) is 24.5 Å². The number of fused-ring (bicyclic) bond motifs is 1. The first-order valence-electron chi connectivity index (χ1n) is 8.72. The zero-order chi connectivity index (χ0) is 15.6. The van der Waals surface area contributed by atoms with Gasteiger partial charge in [-0.3, -0.25) is 0 Å². The Morgan fingerprint density at radius 2 is 1.77 bits per heavy atom. The van der Waals surface area contributed by atoms with Crippen molar-refractivity contribution in [1.82, 2.24) is 5.32 Å². The van der Waals surface area contributed by atoms with Crippen LogP contribution in [0.1, 0.15) is 64.4 Å². The largest absolute Gasteiger partial charge is 0.369 e. The van der Waals surface area contributed by atoms with E-state index in [1.807, 2.05) is 6.20 Å². The average Bonchev–Trinajstić information content (AvgIpc) is 2.72. The van der Waals surface area contributed by atoms with E-state index >= 15 is 0 Å². The van der Waals surface area contributed by atoms with E-state index in [1.54, 1.807) is 0 Å². The van der Waals surface area contributed by atoms with E-state index < -0.39 is 0 Å². The lowest BCUT2D eigenvalue weighted by Gasteiger charge is -2.09. The Hall–Kier alpha value is -1.77. The molecule has 2 rings (SSSR count). The predicted octanol–water partition coefficient (Wildman–Crippen LogP) is 5.06. The van der Waals surface area contributed by atoms with Crippen molar-refractivity contribution < 1.29 is 0 Å². The molecule has 1 aromatic rings. The van der Waals surface area contributed by atoms with E-state index in [0.29, 0.717) is 0 Å². The summed E-state index contributed by atoms with van der Waals surface area (Å²) in [5, 5.41) is 6.86. The highest BCUT2D eigenvalue weighted by molar-refractivity contribution is 6.06. The molecule has 0 spiro atoms. The molecule has 0 fully saturated rings. The molecule has 3 heteroatoms. The van der Waals surface area contributed by atoms with Gasteiger partial charge < -0.3 is 10.6 Å². The summed E-state index contributed by atoms with van der Waals surface area (Å²) in [6, 6.07) is 8.46. The summed E-state index contributed by atoms with van der Waals surface area (Å²) in [4.78, 5) is 4.89. The molecule has 0 saturated carbocycles. The van der Waals surface area contributed by atoms with Crippen LogP contribution < -0.4 is 10.6 Å². The number of hydrogen-bond acceptors (Lipinski definition) is 3. The van der Waals surface area contributed by atoms with Crippen molar-refractivity contribution in [3.63, 3.8) is 0 Å². The first-order valence-corrected chi connectivity index (χ1v) is 8.72. The molecule has 0 bridgehead atoms. The van der Waals surface area contributed by atoms with Crippen molar-refractivity contribution in [2.24, 2.45) is 4.99 Å². The van der Waals surface area contributed by atoms with Gasteiger partial charge in [-0.05, 0) is 25.3 Å². The molecular formula is C19H29N3. The van der Waals surface area contributed by atoms with Crippen LogP contribution in [0.3, 0.4) is 0 Å². The van der Waals surface area contributed by atoms with Crippen molar-refractivity contribution >= 4 is 11.4 Å². The zero-order valence-corrected chi connectivity index (χ0v) is 14.0. The van der Waals surface area contributed by atoms with Crippen molar-refractivity contribution in [3.05, 3.63) is 41.8 Å². The lowest BCUT2D eigenvalue weighted by molar-refractivity contribution is 0.663. The molecule has 120 valence electrons. The van der Waals surface area contributed by atoms with Gasteiger partial charge in [-0.15, -0.1) is 0 Å². The summed E-state index contributed by atoms with van der Waals surface area (Å²) in [5.41, 5.74) is 3.59. The van der Waals surface area contributed by atoms with Gasteiger partial charge in [-0.25, -0.2) is 4.99 Å². The minimum Gasteiger partial charge on any atom is -0.369 e. The molecule has 2 N–H and O–H groups in total. The Labute approximate surface area is 134 Å². The molecule has 0 amide bonds. The molecule has 22 heavy (non-hydrogen) atoms. The van der Waals surface area contributed by atoms with Gasteiger partial charge in [-0.1, -0.05) is 57.7 Å². The number of aliphatic imine (C=N–C) groups is 1. The van der Waals surface area contributed by atoms with Gasteiger partial charge in [0.2, 0.25) is 0 Å². The fourth-order valence-corrected chi connectivity index (χ4v) is 2.66. The standard InChI is InChI=1S/C19H29N3/c1-3-5-7-13-18-16-11-8-9-12-17(16)21-15-19(22-18)20-14-10-6-4-2/h8-9,11-12,15,20-21H,3-7,10,13-14H2,1-2H3. The molecule has 1 aliphatic heterocycles. The van der Waals surface area contributed by atoms with Crippen LogP contribution in [-0.4, -0.2) is 12.3 Å². The summed E-state index contributed by atoms with van der Waals surface area (Å²) in [7, 11) is 0. The number of rotatable bonds is 9. The maximum Gasteiger partial charge on any atom is 0.142 e. The quantitative estimate of drug-likeness (QED) is 0.625. The number of nitrogens with one attached hydrogen (secondary N) is 2. The van der Waals surface area contributed by atoms with E-state index in [-0.39, 0.29) is 0 Å². The van der Waals surface area contributed by atoms with Crippen molar-refractivity contribution in [2.75, 3.05) is 11.9 Å². The highest BCUT2D eigenvalue weighted by Crippen LogP contribution is 2.22. The van der Waals surface area contributed by atoms with Crippen molar-refractivity contribution in [3.8, 4) is 0 Å². The Balaban J connectivity index is 2.09. The second kappa shape index (κ2) is 9.29. The number of benzene rings is 1. The molecule has 0 radical (unpaired) electrons. The number of unbranched alkanes of at least 4 members (excludes halogenated alkanes) is 4. The normalized spacial score (nSPS) is 13.5. The first kappa shape index (κ1) is 16.6. The molecule has 0 atom stereocenters. The molecule has 0 unspecified atom stereocenters. The zero-order valence-electron chi connectivity index (χ0n) is 14.0. The molecular weight excluding hydrogens is 270 g/mol. The second-order valence-corrected chi connectivity index (χ2v) is 5.87. The van der Waals surface area contributed by atoms with E-state index in [4.69, 9.17) is 4.99 Å². The molecule has 0 aromatic heterocycles. The molecule has 1 heterocycles. The maximum atomic E-state index is 4.89. The van der Waals surface area contributed by atoms with Crippen molar-refractivity contribution in [2.45, 2.75) is 58.8 Å². The van der Waals surface area contributed by atoms with E-state index in [9.17, 15) is 0 Å². The third kappa shape index (κ3) is 4.90. The molecule has 1 aromatic carbocycles. The monoisotopic (exact) mass is 299 g/mol. The number of anilines is 1. The fraction of sp³-hybridized carbons (Fsp3) is 0.526. The summed E-state index contributed by atoms with van der Waals surface area (Å²) in [6.07, 6.45) is 10.5. The van der Waals surface area contributed by atoms with Gasteiger partial charge >= 0.3 is 0 Å². The molecule has 1 aliphatic rings. The predicted molar refractivity (Wildman–Crippen MR) is 96.4 cm³/mol. The Morgan fingerprint density at radius 3 is 2.59 bits per heavy atom. The van der Waals surface area contributed by atoms with Gasteiger partial charge in [0.15, 0.2) is 0 Å².